The molecule has 1 aliphatic heterocycles. The van der Waals surface area contributed by atoms with Gasteiger partial charge in [0.05, 0.1) is 0 Å². The molecule has 0 spiro atoms. The summed E-state index contributed by atoms with van der Waals surface area (Å²) in [6.07, 6.45) is 4.58. The lowest BCUT2D eigenvalue weighted by Gasteiger charge is -2.29. The Morgan fingerprint density at radius 1 is 1.13 bits per heavy atom. The lowest BCUT2D eigenvalue weighted by atomic mass is 9.87. The van der Waals surface area contributed by atoms with Gasteiger partial charge in [-0.3, -0.25) is 4.90 Å². The predicted octanol–water partition coefficient (Wildman–Crippen LogP) is 2.62. The van der Waals surface area contributed by atoms with Crippen LogP contribution in [-0.2, 0) is 9.53 Å². The summed E-state index contributed by atoms with van der Waals surface area (Å²) in [5, 5.41) is 13.0. The molecule has 1 heterocycles. The van der Waals surface area contributed by atoms with Gasteiger partial charge in [0.15, 0.2) is 0 Å². The number of carbonyl (C=O) groups excluding carboxylic acids is 1. The van der Waals surface area contributed by atoms with Crippen molar-refractivity contribution in [3.8, 4) is 0 Å². The molecule has 2 aliphatic rings. The fourth-order valence-electron chi connectivity index (χ4n) is 3.47. The smallest absolute Gasteiger partial charge is 0.411 e. The van der Waals surface area contributed by atoms with Crippen LogP contribution in [0.25, 0.3) is 0 Å². The normalized spacial score (nSPS) is 31.9. The average molecular weight is 326 g/mol. The molecule has 132 valence electrons. The number of amides is 1. The Balaban J connectivity index is 1.94. The van der Waals surface area contributed by atoms with E-state index < -0.39 is 23.7 Å². The van der Waals surface area contributed by atoms with Crippen LogP contribution in [0.3, 0.4) is 0 Å². The highest BCUT2D eigenvalue weighted by Crippen LogP contribution is 2.26. The summed E-state index contributed by atoms with van der Waals surface area (Å²) < 4.78 is 5.35. The minimum atomic E-state index is -0.961. The summed E-state index contributed by atoms with van der Waals surface area (Å²) >= 11 is 0. The van der Waals surface area contributed by atoms with Gasteiger partial charge in [-0.1, -0.05) is 6.92 Å². The molecule has 6 heteroatoms. The Kier molecular flexibility index (Phi) is 5.55. The molecule has 0 aromatic heterocycles. The maximum Gasteiger partial charge on any atom is 0.411 e. The van der Waals surface area contributed by atoms with Gasteiger partial charge < -0.3 is 15.2 Å². The first-order valence-electron chi connectivity index (χ1n) is 8.64. The zero-order valence-corrected chi connectivity index (χ0v) is 14.7. The van der Waals surface area contributed by atoms with Crippen molar-refractivity contribution in [1.82, 2.24) is 10.2 Å². The molecule has 0 bridgehead atoms. The van der Waals surface area contributed by atoms with Gasteiger partial charge in [0.25, 0.3) is 0 Å². The second-order valence-electron chi connectivity index (χ2n) is 8.04. The highest BCUT2D eigenvalue weighted by molar-refractivity contribution is 5.81. The van der Waals surface area contributed by atoms with Crippen molar-refractivity contribution in [1.29, 1.82) is 0 Å². The molecule has 0 aromatic carbocycles. The molecular formula is C17H30N2O4. The van der Waals surface area contributed by atoms with Crippen LogP contribution in [0.2, 0.25) is 0 Å². The molecule has 1 amide bonds. The van der Waals surface area contributed by atoms with E-state index in [9.17, 15) is 14.7 Å². The number of carbonyl (C=O) groups is 2. The van der Waals surface area contributed by atoms with Crippen molar-refractivity contribution < 1.29 is 19.4 Å². The van der Waals surface area contributed by atoms with Crippen LogP contribution >= 0.6 is 0 Å². The number of nitrogens with zero attached hydrogens (tertiary/aromatic N) is 1. The predicted molar refractivity (Wildman–Crippen MR) is 87.3 cm³/mol. The van der Waals surface area contributed by atoms with Gasteiger partial charge in [0.1, 0.15) is 11.6 Å². The molecule has 2 fully saturated rings. The maximum absolute atomic E-state index is 12.3. The number of hydrogen-bond acceptors (Lipinski definition) is 4. The minimum Gasteiger partial charge on any atom is -0.480 e. The SMILES string of the molecule is CC1CCC(N[C@@H]2C[C@@H](C(=O)O)N(C(=O)OC(C)(C)C)C2)CC1. The monoisotopic (exact) mass is 326 g/mol. The molecule has 2 atom stereocenters. The second kappa shape index (κ2) is 7.07. The number of hydrogen-bond donors (Lipinski definition) is 2. The summed E-state index contributed by atoms with van der Waals surface area (Å²) in [6.45, 7) is 8.04. The van der Waals surface area contributed by atoms with E-state index in [0.717, 1.165) is 18.8 Å². The van der Waals surface area contributed by atoms with Crippen LogP contribution in [0, 0.1) is 5.92 Å². The maximum atomic E-state index is 12.3. The number of carboxylic acid groups (broad SMARTS) is 1. The minimum absolute atomic E-state index is 0.0297. The third-order valence-electron chi connectivity index (χ3n) is 4.70. The first kappa shape index (κ1) is 18.0. The number of rotatable bonds is 3. The quantitative estimate of drug-likeness (QED) is 0.833. The van der Waals surface area contributed by atoms with Gasteiger partial charge in [0.2, 0.25) is 0 Å². The molecule has 2 N–H and O–H groups in total. The van der Waals surface area contributed by atoms with Crippen molar-refractivity contribution in [3.05, 3.63) is 0 Å². The zero-order chi connectivity index (χ0) is 17.2. The van der Waals surface area contributed by atoms with E-state index in [2.05, 4.69) is 12.2 Å². The molecule has 0 radical (unpaired) electrons. The molecular weight excluding hydrogens is 296 g/mol. The van der Waals surface area contributed by atoms with E-state index in [1.807, 2.05) is 0 Å². The van der Waals surface area contributed by atoms with E-state index in [1.54, 1.807) is 20.8 Å². The topological polar surface area (TPSA) is 78.9 Å². The Morgan fingerprint density at radius 2 is 1.74 bits per heavy atom. The third-order valence-corrected chi connectivity index (χ3v) is 4.70. The van der Waals surface area contributed by atoms with Crippen LogP contribution in [0.5, 0.6) is 0 Å². The third kappa shape index (κ3) is 5.09. The van der Waals surface area contributed by atoms with Crippen LogP contribution in [0.15, 0.2) is 0 Å². The number of ether oxygens (including phenoxy) is 1. The van der Waals surface area contributed by atoms with Crippen LogP contribution in [0.1, 0.15) is 59.8 Å². The van der Waals surface area contributed by atoms with Crippen molar-refractivity contribution in [2.75, 3.05) is 6.54 Å². The van der Waals surface area contributed by atoms with E-state index >= 15 is 0 Å². The summed E-state index contributed by atoms with van der Waals surface area (Å²) in [7, 11) is 0. The summed E-state index contributed by atoms with van der Waals surface area (Å²) in [5.74, 6) is -0.181. The summed E-state index contributed by atoms with van der Waals surface area (Å²) in [4.78, 5) is 25.1. The van der Waals surface area contributed by atoms with E-state index in [4.69, 9.17) is 4.74 Å². The fraction of sp³-hybridized carbons (Fsp3) is 0.882. The lowest BCUT2D eigenvalue weighted by molar-refractivity contribution is -0.142. The van der Waals surface area contributed by atoms with Crippen molar-refractivity contribution in [2.24, 2.45) is 5.92 Å². The number of nitrogens with one attached hydrogen (secondary N) is 1. The van der Waals surface area contributed by atoms with Gasteiger partial charge in [-0.15, -0.1) is 0 Å². The van der Waals surface area contributed by atoms with Crippen molar-refractivity contribution in [3.63, 3.8) is 0 Å². The highest BCUT2D eigenvalue weighted by atomic mass is 16.6. The van der Waals surface area contributed by atoms with Gasteiger partial charge in [-0.25, -0.2) is 9.59 Å². The largest absolute Gasteiger partial charge is 0.480 e. The zero-order valence-electron chi connectivity index (χ0n) is 14.7. The standard InChI is InChI=1S/C17H30N2O4/c1-11-5-7-12(8-6-11)18-13-9-14(15(20)21)19(10-13)16(22)23-17(2,3)4/h11-14,18H,5-10H2,1-4H3,(H,20,21)/t11?,12?,13-,14+/m1/s1. The van der Waals surface area contributed by atoms with Crippen LogP contribution < -0.4 is 5.32 Å². The van der Waals surface area contributed by atoms with E-state index in [1.165, 1.54) is 17.7 Å². The second-order valence-corrected chi connectivity index (χ2v) is 8.04. The first-order valence-corrected chi connectivity index (χ1v) is 8.64. The molecule has 2 rings (SSSR count). The number of likely N-dealkylation sites (tertiary alicyclic amines) is 1. The fourth-order valence-corrected chi connectivity index (χ4v) is 3.47. The van der Waals surface area contributed by atoms with Gasteiger partial charge in [-0.2, -0.15) is 0 Å². The molecule has 0 aromatic rings. The Labute approximate surface area is 138 Å². The lowest BCUT2D eigenvalue weighted by Crippen LogP contribution is -2.44. The molecule has 1 saturated carbocycles. The highest BCUT2D eigenvalue weighted by Gasteiger charge is 2.42. The van der Waals surface area contributed by atoms with Crippen molar-refractivity contribution >= 4 is 12.1 Å². The molecule has 0 unspecified atom stereocenters. The van der Waals surface area contributed by atoms with Crippen LogP contribution in [-0.4, -0.2) is 52.3 Å². The van der Waals surface area contributed by atoms with Gasteiger partial charge in [0, 0.05) is 18.6 Å². The Hall–Kier alpha value is -1.30. The summed E-state index contributed by atoms with van der Waals surface area (Å²) in [5.41, 5.74) is -0.620. The number of carboxylic acids is 1. The molecule has 1 aliphatic carbocycles. The van der Waals surface area contributed by atoms with Crippen LogP contribution in [0.4, 0.5) is 4.79 Å². The Morgan fingerprint density at radius 3 is 2.26 bits per heavy atom. The van der Waals surface area contributed by atoms with Gasteiger partial charge >= 0.3 is 12.1 Å². The number of aliphatic carboxylic acids is 1. The first-order chi connectivity index (χ1) is 10.7. The summed E-state index contributed by atoms with van der Waals surface area (Å²) in [6, 6.07) is -0.337. The van der Waals surface area contributed by atoms with E-state index in [-0.39, 0.29) is 6.04 Å². The van der Waals surface area contributed by atoms with Crippen molar-refractivity contribution in [2.45, 2.75) is 83.5 Å². The van der Waals surface area contributed by atoms with E-state index in [0.29, 0.717) is 19.0 Å². The Bertz CT molecular complexity index is 438. The molecule has 23 heavy (non-hydrogen) atoms. The van der Waals surface area contributed by atoms with Gasteiger partial charge in [-0.05, 0) is 58.8 Å². The molecule has 1 saturated heterocycles. The average Bonchev–Trinajstić information content (AvgIpc) is 2.84. The molecule has 6 nitrogen and oxygen atoms in total.